The minimum absolute atomic E-state index is 0.126. The quantitative estimate of drug-likeness (QED) is 0.843. The Hall–Kier alpha value is -2.00. The number of rotatable bonds is 6. The molecule has 130 valence electrons. The van der Waals surface area contributed by atoms with Gasteiger partial charge in [0.15, 0.2) is 26.5 Å². The first-order valence-electron chi connectivity index (χ1n) is 7.04. The van der Waals surface area contributed by atoms with Crippen molar-refractivity contribution in [1.29, 1.82) is 0 Å². The molecule has 0 bridgehead atoms. The Balaban J connectivity index is 2.11. The molecule has 1 aromatic heterocycles. The second kappa shape index (κ2) is 7.27. The lowest BCUT2D eigenvalue weighted by molar-refractivity contribution is -0.113. The lowest BCUT2D eigenvalue weighted by Crippen LogP contribution is -2.27. The molecular formula is C15H17FN2O4S2. The van der Waals surface area contributed by atoms with Crippen LogP contribution in [0.1, 0.15) is 13.8 Å². The summed E-state index contributed by atoms with van der Waals surface area (Å²) >= 11 is 1.13. The predicted octanol–water partition coefficient (Wildman–Crippen LogP) is 2.72. The molecule has 1 amide bonds. The Bertz CT molecular complexity index is 847. The number of hydrogen-bond acceptors (Lipinski definition) is 6. The predicted molar refractivity (Wildman–Crippen MR) is 91.6 cm³/mol. The van der Waals surface area contributed by atoms with Crippen LogP contribution in [0.25, 0.3) is 11.3 Å². The van der Waals surface area contributed by atoms with Gasteiger partial charge < -0.3 is 10.1 Å². The molecule has 0 saturated heterocycles. The third kappa shape index (κ3) is 4.30. The van der Waals surface area contributed by atoms with E-state index >= 15 is 0 Å². The highest BCUT2D eigenvalue weighted by molar-refractivity contribution is 7.92. The average Bonchev–Trinajstić information content (AvgIpc) is 2.94. The van der Waals surface area contributed by atoms with Crippen molar-refractivity contribution in [3.05, 3.63) is 29.4 Å². The van der Waals surface area contributed by atoms with Crippen LogP contribution in [0.4, 0.5) is 9.52 Å². The molecule has 2 aromatic rings. The summed E-state index contributed by atoms with van der Waals surface area (Å²) in [5.41, 5.74) is 1.00. The number of hydrogen-bond donors (Lipinski definition) is 1. The van der Waals surface area contributed by atoms with Crippen LogP contribution in [0, 0.1) is 5.82 Å². The molecule has 1 aromatic carbocycles. The van der Waals surface area contributed by atoms with E-state index in [0.29, 0.717) is 11.3 Å². The first-order chi connectivity index (χ1) is 11.2. The number of nitrogens with zero attached hydrogens (tertiary/aromatic N) is 1. The number of sulfone groups is 1. The highest BCUT2D eigenvalue weighted by Crippen LogP contribution is 2.28. The zero-order chi connectivity index (χ0) is 17.9. The molecule has 0 radical (unpaired) electrons. The van der Waals surface area contributed by atoms with E-state index < -0.39 is 32.6 Å². The maximum absolute atomic E-state index is 13.7. The second-order valence-corrected chi connectivity index (χ2v) is 8.71. The van der Waals surface area contributed by atoms with E-state index in [2.05, 4.69) is 10.3 Å². The van der Waals surface area contributed by atoms with Crippen molar-refractivity contribution >= 4 is 32.2 Å². The number of aromatic nitrogens is 1. The minimum Gasteiger partial charge on any atom is -0.494 e. The molecule has 0 spiro atoms. The van der Waals surface area contributed by atoms with E-state index in [1.54, 1.807) is 11.4 Å². The molecule has 1 heterocycles. The summed E-state index contributed by atoms with van der Waals surface area (Å²) in [6, 6.07) is 4.41. The van der Waals surface area contributed by atoms with Crippen LogP contribution in [-0.4, -0.2) is 37.4 Å². The lowest BCUT2D eigenvalue weighted by atomic mass is 10.1. The van der Waals surface area contributed by atoms with Gasteiger partial charge in [0.1, 0.15) is 5.75 Å². The van der Waals surface area contributed by atoms with Crippen molar-refractivity contribution in [3.8, 4) is 17.0 Å². The standard InChI is InChI=1S/C15H17FN2O4S2/c1-9(2)24(20,21)8-14(19)18-15-17-12(7-23-15)10-4-5-13(22-3)11(16)6-10/h4-7,9H,8H2,1-3H3,(H,17,18,19). The van der Waals surface area contributed by atoms with Crippen LogP contribution in [0.2, 0.25) is 0 Å². The van der Waals surface area contributed by atoms with E-state index in [9.17, 15) is 17.6 Å². The van der Waals surface area contributed by atoms with E-state index in [-0.39, 0.29) is 10.9 Å². The number of carbonyl (C=O) groups excluding carboxylic acids is 1. The van der Waals surface area contributed by atoms with Gasteiger partial charge in [-0.1, -0.05) is 0 Å². The van der Waals surface area contributed by atoms with Crippen LogP contribution >= 0.6 is 11.3 Å². The first-order valence-corrected chi connectivity index (χ1v) is 9.63. The minimum atomic E-state index is -3.47. The topological polar surface area (TPSA) is 85.4 Å². The van der Waals surface area contributed by atoms with Gasteiger partial charge in [-0.2, -0.15) is 0 Å². The average molecular weight is 372 g/mol. The van der Waals surface area contributed by atoms with Crippen molar-refractivity contribution in [3.63, 3.8) is 0 Å². The molecule has 0 aliphatic heterocycles. The van der Waals surface area contributed by atoms with Crippen molar-refractivity contribution in [2.45, 2.75) is 19.1 Å². The largest absolute Gasteiger partial charge is 0.494 e. The van der Waals surface area contributed by atoms with Crippen molar-refractivity contribution in [2.24, 2.45) is 0 Å². The number of thiazole rings is 1. The monoisotopic (exact) mass is 372 g/mol. The van der Waals surface area contributed by atoms with E-state index in [1.807, 2.05) is 0 Å². The van der Waals surface area contributed by atoms with Crippen LogP contribution in [0.3, 0.4) is 0 Å². The fourth-order valence-electron chi connectivity index (χ4n) is 1.79. The highest BCUT2D eigenvalue weighted by Gasteiger charge is 2.21. The molecule has 9 heteroatoms. The van der Waals surface area contributed by atoms with E-state index in [4.69, 9.17) is 4.74 Å². The van der Waals surface area contributed by atoms with Gasteiger partial charge in [0.2, 0.25) is 5.91 Å². The number of anilines is 1. The van der Waals surface area contributed by atoms with Crippen LogP contribution in [0.5, 0.6) is 5.75 Å². The third-order valence-corrected chi connectivity index (χ3v) is 6.11. The first kappa shape index (κ1) is 18.3. The molecule has 0 aliphatic rings. The number of benzene rings is 1. The van der Waals surface area contributed by atoms with Crippen LogP contribution in [-0.2, 0) is 14.6 Å². The van der Waals surface area contributed by atoms with Crippen molar-refractivity contribution in [2.75, 3.05) is 18.2 Å². The molecular weight excluding hydrogens is 355 g/mol. The van der Waals surface area contributed by atoms with Gasteiger partial charge in [0.25, 0.3) is 0 Å². The molecule has 0 saturated carbocycles. The van der Waals surface area contributed by atoms with E-state index in [1.165, 1.54) is 33.1 Å². The Kier molecular flexibility index (Phi) is 5.55. The molecule has 0 unspecified atom stereocenters. The number of amides is 1. The van der Waals surface area contributed by atoms with Gasteiger partial charge in [-0.15, -0.1) is 11.3 Å². The second-order valence-electron chi connectivity index (χ2n) is 5.29. The number of ether oxygens (including phenoxy) is 1. The SMILES string of the molecule is COc1ccc(-c2csc(NC(=O)CS(=O)(=O)C(C)C)n2)cc1F. The van der Waals surface area contributed by atoms with Crippen molar-refractivity contribution < 1.29 is 22.3 Å². The maximum Gasteiger partial charge on any atom is 0.241 e. The third-order valence-electron chi connectivity index (χ3n) is 3.25. The van der Waals surface area contributed by atoms with E-state index in [0.717, 1.165) is 11.3 Å². The summed E-state index contributed by atoms with van der Waals surface area (Å²) in [7, 11) is -2.10. The van der Waals surface area contributed by atoms with Crippen LogP contribution < -0.4 is 10.1 Å². The number of halogens is 1. The smallest absolute Gasteiger partial charge is 0.241 e. The highest BCUT2D eigenvalue weighted by atomic mass is 32.2. The molecule has 2 rings (SSSR count). The number of nitrogens with one attached hydrogen (secondary N) is 1. The zero-order valence-electron chi connectivity index (χ0n) is 13.4. The Labute approximate surface area is 143 Å². The molecule has 0 fully saturated rings. The Morgan fingerprint density at radius 3 is 2.71 bits per heavy atom. The summed E-state index contributed by atoms with van der Waals surface area (Å²) in [6.07, 6.45) is 0. The summed E-state index contributed by atoms with van der Waals surface area (Å²) in [5.74, 6) is -1.64. The molecule has 1 N–H and O–H groups in total. The normalized spacial score (nSPS) is 11.5. The van der Waals surface area contributed by atoms with Crippen LogP contribution in [0.15, 0.2) is 23.6 Å². The fraction of sp³-hybridized carbons (Fsp3) is 0.333. The Morgan fingerprint density at radius 2 is 2.12 bits per heavy atom. The zero-order valence-corrected chi connectivity index (χ0v) is 15.0. The number of methoxy groups -OCH3 is 1. The fourth-order valence-corrected chi connectivity index (χ4v) is 3.30. The number of carbonyl (C=O) groups is 1. The molecule has 24 heavy (non-hydrogen) atoms. The summed E-state index contributed by atoms with van der Waals surface area (Å²) < 4.78 is 42.0. The van der Waals surface area contributed by atoms with Crippen molar-refractivity contribution in [1.82, 2.24) is 4.98 Å². The summed E-state index contributed by atoms with van der Waals surface area (Å²) in [5, 5.41) is 3.73. The van der Waals surface area contributed by atoms with Gasteiger partial charge in [-0.3, -0.25) is 4.79 Å². The maximum atomic E-state index is 13.7. The van der Waals surface area contributed by atoms with Gasteiger partial charge >= 0.3 is 0 Å². The summed E-state index contributed by atoms with van der Waals surface area (Å²) in [6.45, 7) is 3.03. The lowest BCUT2D eigenvalue weighted by Gasteiger charge is -2.06. The Morgan fingerprint density at radius 1 is 1.42 bits per heavy atom. The van der Waals surface area contributed by atoms with Gasteiger partial charge in [-0.05, 0) is 32.0 Å². The summed E-state index contributed by atoms with van der Waals surface area (Å²) in [4.78, 5) is 16.0. The van der Waals surface area contributed by atoms with Gasteiger partial charge in [-0.25, -0.2) is 17.8 Å². The molecule has 0 atom stereocenters. The molecule has 0 aliphatic carbocycles. The van der Waals surface area contributed by atoms with Gasteiger partial charge in [0.05, 0.1) is 18.1 Å². The van der Waals surface area contributed by atoms with Gasteiger partial charge in [0, 0.05) is 10.9 Å². The molecule has 6 nitrogen and oxygen atoms in total.